The maximum absolute atomic E-state index is 12.1. The molecule has 92 valence electrons. The molecule has 2 atom stereocenters. The molecule has 0 spiro atoms. The van der Waals surface area contributed by atoms with E-state index in [2.05, 4.69) is 17.6 Å². The van der Waals surface area contributed by atoms with E-state index in [4.69, 9.17) is 0 Å². The van der Waals surface area contributed by atoms with Crippen molar-refractivity contribution in [3.8, 4) is 0 Å². The van der Waals surface area contributed by atoms with E-state index in [9.17, 15) is 4.79 Å². The average Bonchev–Trinajstić information content (AvgIpc) is 2.53. The normalized spacial score (nSPS) is 32.3. The predicted octanol–water partition coefficient (Wildman–Crippen LogP) is 1.68. The molecular formula is C13H24N2O. The fourth-order valence-electron chi connectivity index (χ4n) is 2.89. The van der Waals surface area contributed by atoms with Gasteiger partial charge in [0.25, 0.3) is 0 Å². The van der Waals surface area contributed by atoms with Gasteiger partial charge in [-0.25, -0.2) is 0 Å². The van der Waals surface area contributed by atoms with E-state index in [1.807, 2.05) is 0 Å². The van der Waals surface area contributed by atoms with Crippen molar-refractivity contribution >= 4 is 5.91 Å². The van der Waals surface area contributed by atoms with Gasteiger partial charge in [0.15, 0.2) is 0 Å². The van der Waals surface area contributed by atoms with Crippen LogP contribution in [0.25, 0.3) is 0 Å². The third kappa shape index (κ3) is 2.97. The molecule has 2 fully saturated rings. The van der Waals surface area contributed by atoms with Crippen LogP contribution in [0.5, 0.6) is 0 Å². The van der Waals surface area contributed by atoms with E-state index < -0.39 is 0 Å². The largest absolute Gasteiger partial charge is 0.353 e. The number of nitrogens with one attached hydrogen (secondary N) is 2. The van der Waals surface area contributed by atoms with Crippen LogP contribution in [0.4, 0.5) is 0 Å². The van der Waals surface area contributed by atoms with Gasteiger partial charge in [0.2, 0.25) is 5.91 Å². The summed E-state index contributed by atoms with van der Waals surface area (Å²) in [5.74, 6) is 0.971. The van der Waals surface area contributed by atoms with Gasteiger partial charge in [0.1, 0.15) is 0 Å². The summed E-state index contributed by atoms with van der Waals surface area (Å²) in [5.41, 5.74) is 0. The summed E-state index contributed by atoms with van der Waals surface area (Å²) in [4.78, 5) is 12.1. The zero-order valence-corrected chi connectivity index (χ0v) is 10.3. The molecule has 0 aromatic rings. The fraction of sp³-hybridized carbons (Fsp3) is 0.923. The Labute approximate surface area is 98.4 Å². The summed E-state index contributed by atoms with van der Waals surface area (Å²) in [5, 5.41) is 6.54. The third-order valence-corrected chi connectivity index (χ3v) is 4.06. The lowest BCUT2D eigenvalue weighted by molar-refractivity contribution is -0.126. The zero-order chi connectivity index (χ0) is 11.4. The van der Waals surface area contributed by atoms with Crippen molar-refractivity contribution in [1.82, 2.24) is 10.6 Å². The van der Waals surface area contributed by atoms with Crippen LogP contribution in [-0.2, 0) is 4.79 Å². The highest BCUT2D eigenvalue weighted by molar-refractivity contribution is 5.79. The van der Waals surface area contributed by atoms with E-state index in [0.29, 0.717) is 12.0 Å². The molecule has 0 aromatic carbocycles. The summed E-state index contributed by atoms with van der Waals surface area (Å²) < 4.78 is 0. The van der Waals surface area contributed by atoms with Gasteiger partial charge in [-0.1, -0.05) is 32.6 Å². The Morgan fingerprint density at radius 2 is 1.81 bits per heavy atom. The Balaban J connectivity index is 1.81. The molecule has 1 amide bonds. The van der Waals surface area contributed by atoms with Crippen molar-refractivity contribution in [2.75, 3.05) is 13.1 Å². The van der Waals surface area contributed by atoms with Gasteiger partial charge >= 0.3 is 0 Å². The second kappa shape index (κ2) is 5.67. The molecule has 1 saturated heterocycles. The SMILES string of the molecule is C[C@@H]1CNC[C@H]1C(=O)NC1CCCCCC1. The second-order valence-electron chi connectivity index (χ2n) is 5.44. The smallest absolute Gasteiger partial charge is 0.224 e. The molecule has 2 rings (SSSR count). The van der Waals surface area contributed by atoms with Crippen molar-refractivity contribution in [3.05, 3.63) is 0 Å². The first-order valence-electron chi connectivity index (χ1n) is 6.78. The van der Waals surface area contributed by atoms with E-state index in [1.54, 1.807) is 0 Å². The number of carbonyl (C=O) groups is 1. The molecular weight excluding hydrogens is 200 g/mol. The number of rotatable bonds is 2. The van der Waals surface area contributed by atoms with Gasteiger partial charge in [-0.05, 0) is 25.3 Å². The highest BCUT2D eigenvalue weighted by Crippen LogP contribution is 2.20. The molecule has 0 radical (unpaired) electrons. The average molecular weight is 224 g/mol. The molecule has 0 unspecified atom stereocenters. The summed E-state index contributed by atoms with van der Waals surface area (Å²) in [6.07, 6.45) is 7.61. The molecule has 1 heterocycles. The third-order valence-electron chi connectivity index (χ3n) is 4.06. The van der Waals surface area contributed by atoms with Gasteiger partial charge in [-0.2, -0.15) is 0 Å². The van der Waals surface area contributed by atoms with Gasteiger partial charge < -0.3 is 10.6 Å². The van der Waals surface area contributed by atoms with E-state index in [-0.39, 0.29) is 11.8 Å². The van der Waals surface area contributed by atoms with Crippen molar-refractivity contribution in [2.24, 2.45) is 11.8 Å². The molecule has 1 aliphatic heterocycles. The first-order chi connectivity index (χ1) is 7.77. The summed E-state index contributed by atoms with van der Waals surface area (Å²) >= 11 is 0. The van der Waals surface area contributed by atoms with Crippen LogP contribution in [0, 0.1) is 11.8 Å². The van der Waals surface area contributed by atoms with Gasteiger partial charge in [-0.3, -0.25) is 4.79 Å². The molecule has 3 nitrogen and oxygen atoms in total. The lowest BCUT2D eigenvalue weighted by atomic mass is 9.96. The van der Waals surface area contributed by atoms with Crippen molar-refractivity contribution < 1.29 is 4.79 Å². The lowest BCUT2D eigenvalue weighted by Gasteiger charge is -2.20. The predicted molar refractivity (Wildman–Crippen MR) is 65.2 cm³/mol. The van der Waals surface area contributed by atoms with Crippen LogP contribution < -0.4 is 10.6 Å². The molecule has 1 saturated carbocycles. The van der Waals surface area contributed by atoms with E-state index in [0.717, 1.165) is 13.1 Å². The molecule has 2 N–H and O–H groups in total. The van der Waals surface area contributed by atoms with Gasteiger partial charge in [-0.15, -0.1) is 0 Å². The maximum atomic E-state index is 12.1. The zero-order valence-electron chi connectivity index (χ0n) is 10.3. The Morgan fingerprint density at radius 1 is 1.12 bits per heavy atom. The first kappa shape index (κ1) is 11.9. The summed E-state index contributed by atoms with van der Waals surface area (Å²) in [6.45, 7) is 4.01. The summed E-state index contributed by atoms with van der Waals surface area (Å²) in [6, 6.07) is 0.447. The van der Waals surface area contributed by atoms with Crippen LogP contribution in [0.1, 0.15) is 45.4 Å². The quantitative estimate of drug-likeness (QED) is 0.701. The molecule has 2 aliphatic rings. The number of hydrogen-bond acceptors (Lipinski definition) is 2. The Hall–Kier alpha value is -0.570. The van der Waals surface area contributed by atoms with Crippen LogP contribution in [0.15, 0.2) is 0 Å². The maximum Gasteiger partial charge on any atom is 0.224 e. The highest BCUT2D eigenvalue weighted by Gasteiger charge is 2.30. The Morgan fingerprint density at radius 3 is 2.38 bits per heavy atom. The number of hydrogen-bond donors (Lipinski definition) is 2. The van der Waals surface area contributed by atoms with Crippen LogP contribution in [0.3, 0.4) is 0 Å². The Bertz CT molecular complexity index is 234. The number of amides is 1. The minimum Gasteiger partial charge on any atom is -0.353 e. The van der Waals surface area contributed by atoms with Crippen LogP contribution >= 0.6 is 0 Å². The van der Waals surface area contributed by atoms with E-state index >= 15 is 0 Å². The van der Waals surface area contributed by atoms with E-state index in [1.165, 1.54) is 38.5 Å². The second-order valence-corrected chi connectivity index (χ2v) is 5.44. The fourth-order valence-corrected chi connectivity index (χ4v) is 2.89. The van der Waals surface area contributed by atoms with Crippen molar-refractivity contribution in [2.45, 2.75) is 51.5 Å². The Kier molecular flexibility index (Phi) is 4.22. The molecule has 16 heavy (non-hydrogen) atoms. The summed E-state index contributed by atoms with van der Waals surface area (Å²) in [7, 11) is 0. The number of carbonyl (C=O) groups excluding carboxylic acids is 1. The highest BCUT2D eigenvalue weighted by atomic mass is 16.2. The van der Waals surface area contributed by atoms with Crippen molar-refractivity contribution in [1.29, 1.82) is 0 Å². The molecule has 1 aliphatic carbocycles. The standard InChI is InChI=1S/C13H24N2O/c1-10-8-14-9-12(10)13(16)15-11-6-4-2-3-5-7-11/h10-12,14H,2-9H2,1H3,(H,15,16)/t10-,12-/m1/s1. The van der Waals surface area contributed by atoms with Crippen molar-refractivity contribution in [3.63, 3.8) is 0 Å². The monoisotopic (exact) mass is 224 g/mol. The minimum absolute atomic E-state index is 0.197. The first-order valence-corrected chi connectivity index (χ1v) is 6.78. The molecule has 0 bridgehead atoms. The molecule has 3 heteroatoms. The molecule has 0 aromatic heterocycles. The van der Waals surface area contributed by atoms with Crippen LogP contribution in [-0.4, -0.2) is 25.0 Å². The lowest BCUT2D eigenvalue weighted by Crippen LogP contribution is -2.40. The topological polar surface area (TPSA) is 41.1 Å². The minimum atomic E-state index is 0.197. The van der Waals surface area contributed by atoms with Gasteiger partial charge in [0.05, 0.1) is 5.92 Å². The van der Waals surface area contributed by atoms with Crippen LogP contribution in [0.2, 0.25) is 0 Å². The van der Waals surface area contributed by atoms with Gasteiger partial charge in [0, 0.05) is 12.6 Å².